The number of rotatable bonds is 8. The van der Waals surface area contributed by atoms with Crippen molar-refractivity contribution in [1.29, 1.82) is 0 Å². The average Bonchev–Trinajstić information content (AvgIpc) is 3.40. The minimum Gasteiger partial charge on any atom is -0.493 e. The van der Waals surface area contributed by atoms with Crippen LogP contribution in [0.1, 0.15) is 26.7 Å². The third kappa shape index (κ3) is 5.20. The molecule has 2 heterocycles. The fraction of sp³-hybridized carbons (Fsp3) is 0.481. The highest BCUT2D eigenvalue weighted by Crippen LogP contribution is 2.43. The first-order valence-corrected chi connectivity index (χ1v) is 13.2. The Morgan fingerprint density at radius 2 is 1.86 bits per heavy atom. The lowest BCUT2D eigenvalue weighted by Crippen LogP contribution is -2.27. The molecule has 1 aliphatic carbocycles. The highest BCUT2D eigenvalue weighted by atomic mass is 35.5. The van der Waals surface area contributed by atoms with Gasteiger partial charge in [0.2, 0.25) is 0 Å². The third-order valence-corrected chi connectivity index (χ3v) is 8.01. The zero-order valence-electron chi connectivity index (χ0n) is 20.7. The van der Waals surface area contributed by atoms with Gasteiger partial charge in [0.1, 0.15) is 12.1 Å². The maximum Gasteiger partial charge on any atom is 0.166 e. The van der Waals surface area contributed by atoms with E-state index >= 15 is 0 Å². The molecule has 2 atom stereocenters. The minimum absolute atomic E-state index is 0.142. The summed E-state index contributed by atoms with van der Waals surface area (Å²) in [4.78, 5) is 11.3. The predicted octanol–water partition coefficient (Wildman–Crippen LogP) is 6.82. The largest absolute Gasteiger partial charge is 0.493 e. The van der Waals surface area contributed by atoms with Gasteiger partial charge in [-0.05, 0) is 54.7 Å². The van der Waals surface area contributed by atoms with Crippen LogP contribution >= 0.6 is 23.2 Å². The second-order valence-electron chi connectivity index (χ2n) is 10.4. The van der Waals surface area contributed by atoms with Crippen LogP contribution in [0, 0.1) is 29.5 Å². The van der Waals surface area contributed by atoms with Gasteiger partial charge in [-0.15, -0.1) is 0 Å². The van der Waals surface area contributed by atoms with E-state index in [9.17, 15) is 4.39 Å². The Bertz CT molecular complexity index is 1240. The average molecular weight is 533 g/mol. The molecule has 0 radical (unpaired) electrons. The number of hydrogen-bond acceptors (Lipinski definition) is 6. The number of hydrogen-bond donors (Lipinski definition) is 1. The first-order valence-electron chi connectivity index (χ1n) is 12.4. The number of ether oxygens (including phenoxy) is 2. The summed E-state index contributed by atoms with van der Waals surface area (Å²) >= 11 is 11.9. The molecule has 36 heavy (non-hydrogen) atoms. The van der Waals surface area contributed by atoms with Gasteiger partial charge >= 0.3 is 0 Å². The predicted molar refractivity (Wildman–Crippen MR) is 142 cm³/mol. The molecule has 1 saturated carbocycles. The quantitative estimate of drug-likeness (QED) is 0.321. The Morgan fingerprint density at radius 1 is 1.11 bits per heavy atom. The van der Waals surface area contributed by atoms with Gasteiger partial charge in [0, 0.05) is 31.1 Å². The number of methoxy groups -OCH3 is 1. The number of halogens is 3. The molecule has 2 fully saturated rings. The van der Waals surface area contributed by atoms with E-state index in [1.54, 1.807) is 7.11 Å². The van der Waals surface area contributed by atoms with Crippen LogP contribution in [0.15, 0.2) is 30.6 Å². The van der Waals surface area contributed by atoms with Crippen molar-refractivity contribution in [2.75, 3.05) is 38.7 Å². The zero-order chi connectivity index (χ0) is 25.4. The van der Waals surface area contributed by atoms with E-state index in [0.717, 1.165) is 11.8 Å². The van der Waals surface area contributed by atoms with Gasteiger partial charge in [0.05, 0.1) is 35.0 Å². The van der Waals surface area contributed by atoms with E-state index in [-0.39, 0.29) is 15.7 Å². The number of benzene rings is 2. The Kier molecular flexibility index (Phi) is 7.42. The normalized spacial score (nSPS) is 21.8. The first-order chi connectivity index (χ1) is 17.3. The monoisotopic (exact) mass is 532 g/mol. The summed E-state index contributed by atoms with van der Waals surface area (Å²) in [7, 11) is 1.60. The van der Waals surface area contributed by atoms with E-state index in [4.69, 9.17) is 32.7 Å². The zero-order valence-corrected chi connectivity index (χ0v) is 22.2. The van der Waals surface area contributed by atoms with E-state index in [1.807, 2.05) is 12.1 Å². The van der Waals surface area contributed by atoms with Crippen molar-refractivity contribution in [2.24, 2.45) is 23.7 Å². The summed E-state index contributed by atoms with van der Waals surface area (Å²) in [6, 6.07) is 6.72. The standard InChI is InChI=1S/C27H31Cl2FN4O2/c1-15(2)10-34-11-17-6-16(7-18(17)12-34)13-36-24-9-22-19(8-23(24)35-3)27(32-14-31-22)33-21-5-4-20(28)25(29)26(21)30/h4-5,8-9,14-18H,6-7,10-13H2,1-3H3,(H,31,32,33). The number of anilines is 2. The van der Waals surface area contributed by atoms with Crippen molar-refractivity contribution in [3.05, 3.63) is 46.5 Å². The van der Waals surface area contributed by atoms with Crippen LogP contribution in [0.3, 0.4) is 0 Å². The molecule has 0 bridgehead atoms. The lowest BCUT2D eigenvalue weighted by Gasteiger charge is -2.21. The van der Waals surface area contributed by atoms with Gasteiger partial charge in [0.15, 0.2) is 17.3 Å². The maximum atomic E-state index is 14.6. The summed E-state index contributed by atoms with van der Waals surface area (Å²) in [6.07, 6.45) is 3.85. The van der Waals surface area contributed by atoms with Crippen LogP contribution in [0.25, 0.3) is 10.9 Å². The molecule has 5 rings (SSSR count). The van der Waals surface area contributed by atoms with Crippen LogP contribution in [0.5, 0.6) is 11.5 Å². The second kappa shape index (κ2) is 10.6. The maximum absolute atomic E-state index is 14.6. The van der Waals surface area contributed by atoms with Crippen LogP contribution in [-0.2, 0) is 0 Å². The molecule has 1 aromatic heterocycles. The molecule has 1 aliphatic heterocycles. The molecule has 0 spiro atoms. The minimum atomic E-state index is -0.642. The molecule has 2 aliphatic rings. The van der Waals surface area contributed by atoms with Gasteiger partial charge in [-0.2, -0.15) is 0 Å². The molecule has 2 aromatic carbocycles. The van der Waals surface area contributed by atoms with Crippen molar-refractivity contribution >= 4 is 45.6 Å². The molecule has 6 nitrogen and oxygen atoms in total. The van der Waals surface area contributed by atoms with Gasteiger partial charge in [-0.25, -0.2) is 14.4 Å². The van der Waals surface area contributed by atoms with Gasteiger partial charge in [-0.3, -0.25) is 0 Å². The summed E-state index contributed by atoms with van der Waals surface area (Å²) in [5.41, 5.74) is 0.832. The Labute approximate surface area is 221 Å². The topological polar surface area (TPSA) is 59.5 Å². The number of likely N-dealkylation sites (tertiary alicyclic amines) is 1. The number of aromatic nitrogens is 2. The molecule has 9 heteroatoms. The second-order valence-corrected chi connectivity index (χ2v) is 11.2. The fourth-order valence-corrected chi connectivity index (χ4v) is 6.03. The van der Waals surface area contributed by atoms with Gasteiger partial charge in [-0.1, -0.05) is 37.0 Å². The summed E-state index contributed by atoms with van der Waals surface area (Å²) in [5, 5.41) is 3.68. The lowest BCUT2D eigenvalue weighted by molar-refractivity contribution is 0.216. The SMILES string of the molecule is COc1cc2c(Nc3ccc(Cl)c(Cl)c3F)ncnc2cc1OCC1CC2CN(CC(C)C)CC2C1. The molecule has 3 aromatic rings. The van der Waals surface area contributed by atoms with E-state index < -0.39 is 5.82 Å². The van der Waals surface area contributed by atoms with Gasteiger partial charge in [0.25, 0.3) is 0 Å². The summed E-state index contributed by atoms with van der Waals surface area (Å²) in [6.45, 7) is 8.85. The van der Waals surface area contributed by atoms with Crippen molar-refractivity contribution in [3.8, 4) is 11.5 Å². The fourth-order valence-electron chi connectivity index (χ4n) is 5.72. The van der Waals surface area contributed by atoms with Crippen LogP contribution < -0.4 is 14.8 Å². The highest BCUT2D eigenvalue weighted by Gasteiger charge is 2.41. The Hall–Kier alpha value is -2.35. The van der Waals surface area contributed by atoms with E-state index in [1.165, 1.54) is 50.9 Å². The highest BCUT2D eigenvalue weighted by molar-refractivity contribution is 6.42. The van der Waals surface area contributed by atoms with Crippen molar-refractivity contribution in [3.63, 3.8) is 0 Å². The van der Waals surface area contributed by atoms with Crippen LogP contribution in [0.4, 0.5) is 15.9 Å². The van der Waals surface area contributed by atoms with Crippen LogP contribution in [0.2, 0.25) is 10.0 Å². The van der Waals surface area contributed by atoms with Crippen molar-refractivity contribution < 1.29 is 13.9 Å². The Balaban J connectivity index is 1.29. The Morgan fingerprint density at radius 3 is 2.56 bits per heavy atom. The molecule has 2 unspecified atom stereocenters. The molecule has 1 saturated heterocycles. The molecule has 192 valence electrons. The molecular formula is C27H31Cl2FN4O2. The van der Waals surface area contributed by atoms with Crippen LogP contribution in [-0.4, -0.2) is 48.2 Å². The first kappa shape index (κ1) is 25.3. The van der Waals surface area contributed by atoms with E-state index in [0.29, 0.717) is 46.7 Å². The summed E-state index contributed by atoms with van der Waals surface area (Å²) in [5.74, 6) is 3.82. The lowest BCUT2D eigenvalue weighted by atomic mass is 10.0. The smallest absolute Gasteiger partial charge is 0.166 e. The molecule has 0 amide bonds. The molecule has 1 N–H and O–H groups in total. The number of nitrogens with one attached hydrogen (secondary N) is 1. The number of fused-ring (bicyclic) bond motifs is 2. The third-order valence-electron chi connectivity index (χ3n) is 7.23. The van der Waals surface area contributed by atoms with Crippen molar-refractivity contribution in [1.82, 2.24) is 14.9 Å². The number of nitrogens with zero attached hydrogens (tertiary/aromatic N) is 3. The van der Waals surface area contributed by atoms with Gasteiger partial charge < -0.3 is 19.7 Å². The molecular weight excluding hydrogens is 502 g/mol. The van der Waals surface area contributed by atoms with E-state index in [2.05, 4.69) is 34.0 Å². The van der Waals surface area contributed by atoms with Crippen molar-refractivity contribution in [2.45, 2.75) is 26.7 Å². The summed E-state index contributed by atoms with van der Waals surface area (Å²) < 4.78 is 26.5.